The Morgan fingerprint density at radius 3 is 2.73 bits per heavy atom. The topological polar surface area (TPSA) is 58.6 Å². The molecule has 2 aromatic rings. The van der Waals surface area contributed by atoms with Crippen molar-refractivity contribution >= 4 is 29.1 Å². The number of carbonyl (C=O) groups is 2. The minimum absolute atomic E-state index is 0.0449. The second kappa shape index (κ2) is 7.85. The van der Waals surface area contributed by atoms with Gasteiger partial charge in [0.05, 0.1) is 23.2 Å². The van der Waals surface area contributed by atoms with Gasteiger partial charge in [-0.1, -0.05) is 35.4 Å². The molecule has 1 N–H and O–H groups in total. The lowest BCUT2D eigenvalue weighted by Crippen LogP contribution is -2.50. The molecule has 0 aliphatic carbocycles. The molecule has 1 saturated heterocycles. The Bertz CT molecular complexity index is 806. The Hall–Kier alpha value is -2.44. The molecule has 1 heterocycles. The van der Waals surface area contributed by atoms with Crippen molar-refractivity contribution in [3.8, 4) is 0 Å². The summed E-state index contributed by atoms with van der Waals surface area (Å²) in [5.41, 5.74) is 1.67. The zero-order valence-electron chi connectivity index (χ0n) is 14.2. The molecule has 2 aromatic carbocycles. The summed E-state index contributed by atoms with van der Waals surface area (Å²) in [6.07, 6.45) is -0.400. The molecule has 0 bridgehead atoms. The molecule has 136 valence electrons. The van der Waals surface area contributed by atoms with Gasteiger partial charge < -0.3 is 15.0 Å². The van der Waals surface area contributed by atoms with E-state index in [2.05, 4.69) is 5.32 Å². The van der Waals surface area contributed by atoms with Gasteiger partial charge in [-0.25, -0.2) is 4.39 Å². The van der Waals surface area contributed by atoms with Gasteiger partial charge in [0.25, 0.3) is 11.8 Å². The predicted molar refractivity (Wildman–Crippen MR) is 97.0 cm³/mol. The smallest absolute Gasteiger partial charge is 0.255 e. The van der Waals surface area contributed by atoms with Crippen molar-refractivity contribution in [3.63, 3.8) is 0 Å². The fourth-order valence-corrected chi connectivity index (χ4v) is 2.98. The third kappa shape index (κ3) is 4.03. The number of halogens is 2. The molecule has 1 fully saturated rings. The number of rotatable bonds is 4. The fraction of sp³-hybridized carbons (Fsp3) is 0.263. The molecule has 7 heteroatoms. The van der Waals surface area contributed by atoms with Gasteiger partial charge in [-0.2, -0.15) is 0 Å². The van der Waals surface area contributed by atoms with E-state index in [1.165, 1.54) is 18.2 Å². The summed E-state index contributed by atoms with van der Waals surface area (Å²) >= 11 is 5.90. The Labute approximate surface area is 155 Å². The van der Waals surface area contributed by atoms with Crippen LogP contribution in [0.1, 0.15) is 15.9 Å². The summed E-state index contributed by atoms with van der Waals surface area (Å²) in [6.45, 7) is 2.33. The Morgan fingerprint density at radius 2 is 2.04 bits per heavy atom. The van der Waals surface area contributed by atoms with E-state index < -0.39 is 17.8 Å². The van der Waals surface area contributed by atoms with E-state index in [1.807, 2.05) is 31.2 Å². The van der Waals surface area contributed by atoms with Gasteiger partial charge in [0.2, 0.25) is 0 Å². The summed E-state index contributed by atoms with van der Waals surface area (Å²) in [5.74, 6) is -1.44. The van der Waals surface area contributed by atoms with E-state index in [0.29, 0.717) is 6.54 Å². The van der Waals surface area contributed by atoms with Crippen LogP contribution in [0.2, 0.25) is 5.02 Å². The first kappa shape index (κ1) is 18.4. The zero-order valence-corrected chi connectivity index (χ0v) is 14.9. The maximum Gasteiger partial charge on any atom is 0.255 e. The molecular formula is C19H18ClFN2O3. The Kier molecular flexibility index (Phi) is 5.54. The highest BCUT2D eigenvalue weighted by Crippen LogP contribution is 2.20. The lowest BCUT2D eigenvalue weighted by molar-refractivity contribution is -0.129. The van der Waals surface area contributed by atoms with Crippen molar-refractivity contribution in [3.05, 3.63) is 64.4 Å². The van der Waals surface area contributed by atoms with Crippen LogP contribution in [0, 0.1) is 12.7 Å². The number of carbonyl (C=O) groups excluding carboxylic acids is 2. The van der Waals surface area contributed by atoms with Crippen molar-refractivity contribution < 1.29 is 18.7 Å². The van der Waals surface area contributed by atoms with Gasteiger partial charge >= 0.3 is 0 Å². The highest BCUT2D eigenvalue weighted by molar-refractivity contribution is 6.33. The fourth-order valence-electron chi connectivity index (χ4n) is 2.73. The number of ether oxygens (including phenoxy) is 1. The van der Waals surface area contributed by atoms with Crippen LogP contribution >= 0.6 is 11.6 Å². The van der Waals surface area contributed by atoms with Crippen LogP contribution in [0.15, 0.2) is 42.5 Å². The number of benzene rings is 2. The summed E-state index contributed by atoms with van der Waals surface area (Å²) in [6, 6.07) is 11.7. The highest BCUT2D eigenvalue weighted by atomic mass is 35.5. The Balaban J connectivity index is 1.64. The maximum absolute atomic E-state index is 13.8. The molecule has 0 aromatic heterocycles. The van der Waals surface area contributed by atoms with Gasteiger partial charge in [-0.05, 0) is 31.2 Å². The van der Waals surface area contributed by atoms with Crippen molar-refractivity contribution in [1.82, 2.24) is 5.32 Å². The molecule has 0 radical (unpaired) electrons. The molecule has 5 nitrogen and oxygen atoms in total. The van der Waals surface area contributed by atoms with Crippen molar-refractivity contribution in [1.29, 1.82) is 0 Å². The van der Waals surface area contributed by atoms with Crippen molar-refractivity contribution in [2.45, 2.75) is 13.0 Å². The van der Waals surface area contributed by atoms with E-state index in [4.69, 9.17) is 16.3 Å². The number of hydrogen-bond acceptors (Lipinski definition) is 3. The number of nitrogens with one attached hydrogen (secondary N) is 1. The second-order valence-corrected chi connectivity index (χ2v) is 6.49. The molecule has 26 heavy (non-hydrogen) atoms. The van der Waals surface area contributed by atoms with Crippen LogP contribution in [0.3, 0.4) is 0 Å². The summed E-state index contributed by atoms with van der Waals surface area (Å²) in [7, 11) is 0. The monoisotopic (exact) mass is 376 g/mol. The minimum atomic E-state index is -0.684. The van der Waals surface area contributed by atoms with E-state index >= 15 is 0 Å². The van der Waals surface area contributed by atoms with Crippen LogP contribution < -0.4 is 10.2 Å². The van der Waals surface area contributed by atoms with Crippen molar-refractivity contribution in [2.75, 3.05) is 24.6 Å². The molecule has 1 atom stereocenters. The first-order valence-corrected chi connectivity index (χ1v) is 8.54. The normalized spacial score (nSPS) is 17.3. The van der Waals surface area contributed by atoms with Crippen LogP contribution in [0.25, 0.3) is 0 Å². The van der Waals surface area contributed by atoms with Crippen LogP contribution in [0.4, 0.5) is 10.1 Å². The van der Waals surface area contributed by atoms with Crippen molar-refractivity contribution in [2.24, 2.45) is 0 Å². The summed E-state index contributed by atoms with van der Waals surface area (Å²) in [4.78, 5) is 26.0. The SMILES string of the molecule is Cc1ccc(N2CC(CNC(=O)c3c(F)cccc3Cl)OCC2=O)cc1. The predicted octanol–water partition coefficient (Wildman–Crippen LogP) is 2.95. The highest BCUT2D eigenvalue weighted by Gasteiger charge is 2.28. The number of nitrogens with zero attached hydrogens (tertiary/aromatic N) is 1. The quantitative estimate of drug-likeness (QED) is 0.892. The molecule has 1 aliphatic rings. The molecule has 2 amide bonds. The number of amides is 2. The number of morpholine rings is 1. The third-order valence-corrected chi connectivity index (χ3v) is 4.47. The maximum atomic E-state index is 13.8. The molecule has 0 saturated carbocycles. The standard InChI is InChI=1S/C19H18ClFN2O3/c1-12-5-7-13(8-6-12)23-10-14(26-11-17(23)24)9-22-19(25)18-15(20)3-2-4-16(18)21/h2-8,14H,9-11H2,1H3,(H,22,25). The van der Waals surface area contributed by atoms with E-state index in [0.717, 1.165) is 11.3 Å². The van der Waals surface area contributed by atoms with E-state index in [-0.39, 0.29) is 29.6 Å². The largest absolute Gasteiger partial charge is 0.365 e. The van der Waals surface area contributed by atoms with Gasteiger partial charge in [-0.3, -0.25) is 9.59 Å². The number of hydrogen-bond donors (Lipinski definition) is 1. The van der Waals surface area contributed by atoms with Gasteiger partial charge in [0, 0.05) is 12.2 Å². The first-order chi connectivity index (χ1) is 12.5. The van der Waals surface area contributed by atoms with Gasteiger partial charge in [0.15, 0.2) is 0 Å². The molecule has 1 unspecified atom stereocenters. The minimum Gasteiger partial charge on any atom is -0.365 e. The van der Waals surface area contributed by atoms with Gasteiger partial charge in [-0.15, -0.1) is 0 Å². The van der Waals surface area contributed by atoms with Crippen LogP contribution in [-0.2, 0) is 9.53 Å². The lowest BCUT2D eigenvalue weighted by Gasteiger charge is -2.33. The number of aryl methyl sites for hydroxylation is 1. The lowest BCUT2D eigenvalue weighted by atomic mass is 10.1. The van der Waals surface area contributed by atoms with Gasteiger partial charge in [0.1, 0.15) is 12.4 Å². The zero-order chi connectivity index (χ0) is 18.7. The van der Waals surface area contributed by atoms with Crippen LogP contribution in [0.5, 0.6) is 0 Å². The van der Waals surface area contributed by atoms with E-state index in [1.54, 1.807) is 4.90 Å². The average Bonchev–Trinajstić information content (AvgIpc) is 2.62. The van der Waals surface area contributed by atoms with E-state index in [9.17, 15) is 14.0 Å². The molecule has 1 aliphatic heterocycles. The molecule has 3 rings (SSSR count). The average molecular weight is 377 g/mol. The Morgan fingerprint density at radius 1 is 1.31 bits per heavy atom. The first-order valence-electron chi connectivity index (χ1n) is 8.16. The third-order valence-electron chi connectivity index (χ3n) is 4.16. The second-order valence-electron chi connectivity index (χ2n) is 6.08. The number of anilines is 1. The summed E-state index contributed by atoms with van der Waals surface area (Å²) in [5, 5.41) is 2.66. The van der Waals surface area contributed by atoms with Crippen LogP contribution in [-0.4, -0.2) is 37.6 Å². The molecular weight excluding hydrogens is 359 g/mol. The summed E-state index contributed by atoms with van der Waals surface area (Å²) < 4.78 is 19.3. The molecule has 0 spiro atoms.